The molecule has 59 heteroatoms. The van der Waals surface area contributed by atoms with E-state index in [9.17, 15) is 172 Å². The number of amides is 4. The molecule has 11 aliphatic heterocycles. The van der Waals surface area contributed by atoms with Crippen LogP contribution in [0.4, 0.5) is 0 Å². The molecule has 0 saturated carbocycles. The molecule has 11 fully saturated rings. The fraction of sp³-hybridized carbons (Fsp3) is 0.946. The van der Waals surface area contributed by atoms with Crippen LogP contribution in [0, 0.1) is 0 Å². The highest BCUT2D eigenvalue weighted by molar-refractivity contribution is 5.74. The zero-order valence-corrected chi connectivity index (χ0v) is 71.4. The molecule has 4 amide bonds. The molecule has 11 aliphatic rings. The average Bonchev–Trinajstić information content (AvgIpc) is 0.759. The second kappa shape index (κ2) is 47.6. The van der Waals surface area contributed by atoms with Crippen molar-refractivity contribution in [3.05, 3.63) is 0 Å². The van der Waals surface area contributed by atoms with E-state index in [0.717, 1.165) is 27.7 Å². The third kappa shape index (κ3) is 24.1. The standard InChI is InChI=1S/C74H124N4O55/c1-16-35(91)46(102)51(107)68(115-16)113-15-30-59(42(98)31(64(112)116-30)75-17(2)87)126-65-32(76-18(3)88)43(99)58(27(12-85)122-65)129-72-55(111)61(131-74-63(50(106)39(95)24(9-82)121-74)133-67-34(78-20(5)90)44(100)56(26(11-84)124-67)127-69-52(108)47(103)36(92)21(6-79)117-69)41(97)29(125-72)14-114-73-62(49(105)38(94)23(8-81)120-73)132-66-33(77-19(4)89)45(101)57(28(13-86)123-66)128-71-54(110)60(40(96)25(10-83)119-71)130-70-53(109)48(104)37(93)22(7-80)118-70/h16,21-74,79-86,91-112H,6-15H2,1-5H3,(H,75,87)(H,76,88)(H,77,89)(H,78,90)/t16-,21-,22-,23-,24-,25-,26-,27-,28-,29-,30-,31-,32-,33-,34-,35+,36+,37+,38-,39-,40+,41-,42-,43-,44-,45-,46+,47+,48+,49+,50+,51-,52-,53-,54-,55+,56-,57-,58-,59-,60+,61+,62+,63+,64-,65+,66+,67+,68+,69+,70-,71+,72+,73+,74-/m1/s1. The molecule has 0 unspecified atom stereocenters. The molecule has 11 rings (SSSR count). The summed E-state index contributed by atoms with van der Waals surface area (Å²) in [6, 6.07) is -7.87. The normalized spacial score (nSPS) is 50.1. The van der Waals surface area contributed by atoms with Gasteiger partial charge in [-0.15, -0.1) is 0 Å². The van der Waals surface area contributed by atoms with Gasteiger partial charge in [-0.1, -0.05) is 0 Å². The Morgan fingerprint density at radius 3 is 0.842 bits per heavy atom. The van der Waals surface area contributed by atoms with E-state index in [1.165, 1.54) is 6.92 Å². The average molecular weight is 1950 g/mol. The van der Waals surface area contributed by atoms with Crippen LogP contribution < -0.4 is 21.3 Å². The van der Waals surface area contributed by atoms with E-state index in [4.69, 9.17) is 99.5 Å². The number of hydrogen-bond acceptors (Lipinski definition) is 55. The van der Waals surface area contributed by atoms with Crippen LogP contribution in [-0.4, -0.2) is 580 Å². The summed E-state index contributed by atoms with van der Waals surface area (Å²) in [4.78, 5) is 52.0. The maximum absolute atomic E-state index is 13.3. The molecule has 0 aromatic heterocycles. The summed E-state index contributed by atoms with van der Waals surface area (Å²) in [6.07, 6.45) is -107. The Hall–Kier alpha value is -4.16. The predicted octanol–water partition coefficient (Wildman–Crippen LogP) is -23.4. The molecule has 0 spiro atoms. The van der Waals surface area contributed by atoms with E-state index >= 15 is 0 Å². The van der Waals surface area contributed by atoms with Gasteiger partial charge < -0.3 is 274 Å². The van der Waals surface area contributed by atoms with Crippen molar-refractivity contribution in [2.75, 3.05) is 66.1 Å². The molecule has 0 aromatic carbocycles. The van der Waals surface area contributed by atoms with Crippen molar-refractivity contribution in [3.63, 3.8) is 0 Å². The predicted molar refractivity (Wildman–Crippen MR) is 407 cm³/mol. The number of nitrogens with one attached hydrogen (secondary N) is 4. The van der Waals surface area contributed by atoms with Crippen LogP contribution in [-0.2, 0) is 119 Å². The monoisotopic (exact) mass is 1950 g/mol. The molecule has 11 heterocycles. The maximum atomic E-state index is 13.3. The number of carbonyl (C=O) groups excluding carboxylic acids is 4. The molecular weight excluding hydrogens is 1820 g/mol. The first-order valence-corrected chi connectivity index (χ1v) is 42.5. The molecule has 133 heavy (non-hydrogen) atoms. The summed E-state index contributed by atoms with van der Waals surface area (Å²) >= 11 is 0. The van der Waals surface area contributed by atoms with Crippen molar-refractivity contribution >= 4 is 23.6 Å². The minimum Gasteiger partial charge on any atom is -0.394 e. The summed E-state index contributed by atoms with van der Waals surface area (Å²) in [6.45, 7) is -6.29. The Morgan fingerprint density at radius 2 is 0.459 bits per heavy atom. The van der Waals surface area contributed by atoms with Gasteiger partial charge in [0.2, 0.25) is 23.6 Å². The Bertz CT molecular complexity index is 3630. The van der Waals surface area contributed by atoms with Crippen LogP contribution in [0.2, 0.25) is 0 Å². The first-order valence-electron chi connectivity index (χ1n) is 42.5. The van der Waals surface area contributed by atoms with Crippen LogP contribution in [0.3, 0.4) is 0 Å². The molecular formula is C74H124N4O55. The first-order chi connectivity index (χ1) is 62.9. The third-order valence-corrected chi connectivity index (χ3v) is 24.5. The molecule has 55 atom stereocenters. The van der Waals surface area contributed by atoms with Gasteiger partial charge in [0.25, 0.3) is 0 Å². The second-order valence-electron chi connectivity index (χ2n) is 33.8. The molecule has 770 valence electrons. The van der Waals surface area contributed by atoms with Crippen LogP contribution in [0.25, 0.3) is 0 Å². The Labute approximate surface area is 752 Å². The van der Waals surface area contributed by atoms with Crippen molar-refractivity contribution in [1.82, 2.24) is 21.3 Å². The lowest BCUT2D eigenvalue weighted by Crippen LogP contribution is -2.71. The quantitative estimate of drug-likeness (QED) is 0.0284. The van der Waals surface area contributed by atoms with Gasteiger partial charge in [0.05, 0.1) is 72.2 Å². The molecule has 0 radical (unpaired) electrons. The van der Waals surface area contributed by atoms with E-state index in [1.54, 1.807) is 0 Å². The number of hydrogen-bond donors (Lipinski definition) is 34. The number of carbonyl (C=O) groups is 4. The number of rotatable bonds is 34. The largest absolute Gasteiger partial charge is 0.394 e. The van der Waals surface area contributed by atoms with E-state index in [1.807, 2.05) is 0 Å². The van der Waals surface area contributed by atoms with E-state index in [-0.39, 0.29) is 0 Å². The molecule has 0 aliphatic carbocycles. The lowest BCUT2D eigenvalue weighted by molar-refractivity contribution is -0.399. The van der Waals surface area contributed by atoms with Gasteiger partial charge in [-0.25, -0.2) is 0 Å². The van der Waals surface area contributed by atoms with Crippen molar-refractivity contribution < 1.29 is 272 Å². The highest BCUT2D eigenvalue weighted by Crippen LogP contribution is 2.42. The fourth-order valence-electron chi connectivity index (χ4n) is 17.3. The number of ether oxygens (including phenoxy) is 21. The van der Waals surface area contributed by atoms with Crippen LogP contribution in [0.1, 0.15) is 34.6 Å². The van der Waals surface area contributed by atoms with Crippen molar-refractivity contribution in [1.29, 1.82) is 0 Å². The first kappa shape index (κ1) is 109. The third-order valence-electron chi connectivity index (χ3n) is 24.5. The number of aliphatic hydroxyl groups excluding tert-OH is 30. The summed E-state index contributed by atoms with van der Waals surface area (Å²) in [5.74, 6) is -3.87. The lowest BCUT2D eigenvalue weighted by atomic mass is 9.93. The summed E-state index contributed by atoms with van der Waals surface area (Å²) < 4.78 is 125. The summed E-state index contributed by atoms with van der Waals surface area (Å²) in [5, 5.41) is 345. The molecule has 34 N–H and O–H groups in total. The molecule has 59 nitrogen and oxygen atoms in total. The Morgan fingerprint density at radius 1 is 0.211 bits per heavy atom. The van der Waals surface area contributed by atoms with Gasteiger partial charge in [0, 0.05) is 27.7 Å². The fourth-order valence-corrected chi connectivity index (χ4v) is 17.3. The Kier molecular flexibility index (Phi) is 39.1. The van der Waals surface area contributed by atoms with Gasteiger partial charge in [-0.2, -0.15) is 0 Å². The minimum atomic E-state index is -2.66. The smallest absolute Gasteiger partial charge is 0.217 e. The topological polar surface area (TPSA) is 917 Å². The highest BCUT2D eigenvalue weighted by Gasteiger charge is 2.63. The number of aliphatic hydroxyl groups is 30. The lowest BCUT2D eigenvalue weighted by Gasteiger charge is -2.51. The van der Waals surface area contributed by atoms with Crippen LogP contribution in [0.15, 0.2) is 0 Å². The Balaban J connectivity index is 0.911. The molecule has 11 saturated heterocycles. The molecule has 0 bridgehead atoms. The van der Waals surface area contributed by atoms with Gasteiger partial charge in [-0.3, -0.25) is 19.2 Å². The zero-order valence-electron chi connectivity index (χ0n) is 71.4. The van der Waals surface area contributed by atoms with Crippen molar-refractivity contribution in [2.24, 2.45) is 0 Å². The van der Waals surface area contributed by atoms with Gasteiger partial charge >= 0.3 is 0 Å². The maximum Gasteiger partial charge on any atom is 0.217 e. The van der Waals surface area contributed by atoms with Crippen molar-refractivity contribution in [3.8, 4) is 0 Å². The van der Waals surface area contributed by atoms with Crippen molar-refractivity contribution in [2.45, 2.75) is 372 Å². The van der Waals surface area contributed by atoms with E-state index in [2.05, 4.69) is 21.3 Å². The zero-order chi connectivity index (χ0) is 97.8. The van der Waals surface area contributed by atoms with E-state index in [0.29, 0.717) is 0 Å². The van der Waals surface area contributed by atoms with Crippen LogP contribution in [0.5, 0.6) is 0 Å². The second-order valence-corrected chi connectivity index (χ2v) is 33.8. The van der Waals surface area contributed by atoms with Crippen LogP contribution >= 0.6 is 0 Å². The van der Waals surface area contributed by atoms with Gasteiger partial charge in [0.1, 0.15) is 262 Å². The minimum absolute atomic E-state index is 0.859. The van der Waals surface area contributed by atoms with Gasteiger partial charge in [0.15, 0.2) is 69.2 Å². The summed E-state index contributed by atoms with van der Waals surface area (Å²) in [7, 11) is 0. The van der Waals surface area contributed by atoms with Gasteiger partial charge in [-0.05, 0) is 6.92 Å². The molecule has 0 aromatic rings. The summed E-state index contributed by atoms with van der Waals surface area (Å²) in [5.41, 5.74) is 0. The SMILES string of the molecule is CC(=O)N[C@@H]1[C@@H](O)[C@H](O[C@@H]2O[C@H](CO)[C@@H](O[C@@H]3O[C@H](CO[C@H]4O[C@H](CO)[C@@H](O)[C@H](O)[C@@H]4O[C@@H]4O[C@H](CO)[C@@H](O[C@@H]5O[C@H](CO)[C@H](O)[C@H](O[C@H]6O[C@H](CO)[C@H](O)[C@H](O)[C@H]6O)[C@H]5O)[C@H](O)[C@H]4NC(C)=O)[C@@H](O)[C@H](O[C@H]4O[C@H](CO)[C@@H](O)[C@H](O)[C@@H]4O[C@@H]4O[C@H](CO)[C@@H](O[C@@H]5O[C@H](CO)[C@H](O)[C@H](O)[C@H]5O)[C@H](O)[C@H]4NC(C)=O)[C@@H]3O)[C@H](O)[C@H]2NC(C)=O)[C@@H](CO[C@H]2O[C@H](C)[C@H](O)[C@H](O)[C@H]2O)O[C@H]1O. The van der Waals surface area contributed by atoms with E-state index < -0.39 is 427 Å². The highest BCUT2D eigenvalue weighted by atomic mass is 16.8.